The summed E-state index contributed by atoms with van der Waals surface area (Å²) < 4.78 is 29.5. The Bertz CT molecular complexity index is 638. The highest BCUT2D eigenvalue weighted by molar-refractivity contribution is 7.87. The lowest BCUT2D eigenvalue weighted by atomic mass is 9.79. The molecule has 3 atom stereocenters. The zero-order valence-corrected chi connectivity index (χ0v) is 13.2. The number of nitrogens with one attached hydrogen (secondary N) is 1. The summed E-state index contributed by atoms with van der Waals surface area (Å²) >= 11 is 0. The highest BCUT2D eigenvalue weighted by atomic mass is 32.2. The van der Waals surface area contributed by atoms with Gasteiger partial charge in [0.2, 0.25) is 0 Å². The van der Waals surface area contributed by atoms with Crippen LogP contribution in [0.25, 0.3) is 0 Å². The van der Waals surface area contributed by atoms with Crippen LogP contribution in [0, 0.1) is 11.8 Å². The van der Waals surface area contributed by atoms with Crippen LogP contribution in [-0.2, 0) is 23.1 Å². The fraction of sp³-hybridized carbons (Fsp3) is 0.625. The Hall–Kier alpha value is -0.910. The van der Waals surface area contributed by atoms with Crippen molar-refractivity contribution in [3.63, 3.8) is 0 Å². The van der Waals surface area contributed by atoms with E-state index >= 15 is 0 Å². The third-order valence-corrected chi connectivity index (χ3v) is 7.53. The summed E-state index contributed by atoms with van der Waals surface area (Å²) in [6.07, 6.45) is 4.29. The van der Waals surface area contributed by atoms with Crippen LogP contribution in [-0.4, -0.2) is 31.4 Å². The van der Waals surface area contributed by atoms with E-state index in [0.29, 0.717) is 24.9 Å². The number of benzene rings is 1. The number of fused-ring (bicyclic) bond motifs is 1. The molecule has 1 heterocycles. The Balaban J connectivity index is 1.77. The number of hydrogen-bond acceptors (Lipinski definition) is 2. The van der Waals surface area contributed by atoms with E-state index in [1.807, 2.05) is 6.92 Å². The molecule has 1 aliphatic heterocycles. The number of nitrogens with zero attached hydrogens (tertiary/aromatic N) is 1. The summed E-state index contributed by atoms with van der Waals surface area (Å²) in [7, 11) is -3.29. The molecule has 1 aromatic carbocycles. The molecule has 1 saturated carbocycles. The standard InChI is InChI=1S/C16H22N2O2S/c1-2-18-11-16(17-21(18,19)20)14-7-8-15(16)10-13-6-4-3-5-12(13)9-14/h3-6,14-15,17H,2,7-11H2,1H3/t14-,15+,16?. The van der Waals surface area contributed by atoms with Crippen molar-refractivity contribution >= 4 is 10.2 Å². The maximum Gasteiger partial charge on any atom is 0.280 e. The van der Waals surface area contributed by atoms with Crippen molar-refractivity contribution in [2.75, 3.05) is 13.1 Å². The number of hydrogen-bond donors (Lipinski definition) is 1. The summed E-state index contributed by atoms with van der Waals surface area (Å²) in [6.45, 7) is 3.13. The number of likely N-dealkylation sites (N-methyl/N-ethyl adjacent to an activating group) is 1. The molecular weight excluding hydrogens is 284 g/mol. The molecule has 1 spiro atoms. The first-order valence-corrected chi connectivity index (χ1v) is 9.35. The molecule has 0 aromatic heterocycles. The van der Waals surface area contributed by atoms with E-state index in [4.69, 9.17) is 0 Å². The quantitative estimate of drug-likeness (QED) is 0.859. The average Bonchev–Trinajstić information content (AvgIpc) is 2.84. The maximum absolute atomic E-state index is 12.4. The Labute approximate surface area is 126 Å². The van der Waals surface area contributed by atoms with Crippen LogP contribution in [0.1, 0.15) is 30.9 Å². The molecule has 114 valence electrons. The minimum Gasteiger partial charge on any atom is -0.195 e. The largest absolute Gasteiger partial charge is 0.280 e. The van der Waals surface area contributed by atoms with E-state index in [-0.39, 0.29) is 5.54 Å². The predicted molar refractivity (Wildman–Crippen MR) is 82.1 cm³/mol. The van der Waals surface area contributed by atoms with Gasteiger partial charge in [-0.2, -0.15) is 17.4 Å². The van der Waals surface area contributed by atoms with E-state index < -0.39 is 10.2 Å². The number of rotatable bonds is 1. The fourth-order valence-corrected chi connectivity index (χ4v) is 6.46. The summed E-state index contributed by atoms with van der Waals surface area (Å²) in [5.74, 6) is 0.856. The van der Waals surface area contributed by atoms with Crippen molar-refractivity contribution in [3.8, 4) is 0 Å². The van der Waals surface area contributed by atoms with Gasteiger partial charge in [-0.1, -0.05) is 31.2 Å². The van der Waals surface area contributed by atoms with Gasteiger partial charge in [0.15, 0.2) is 0 Å². The van der Waals surface area contributed by atoms with Crippen LogP contribution >= 0.6 is 0 Å². The molecule has 2 fully saturated rings. The van der Waals surface area contributed by atoms with E-state index in [0.717, 1.165) is 25.7 Å². The summed E-state index contributed by atoms with van der Waals surface area (Å²) in [4.78, 5) is 0. The second-order valence-electron chi connectivity index (χ2n) is 6.72. The van der Waals surface area contributed by atoms with Crippen LogP contribution in [0.3, 0.4) is 0 Å². The maximum atomic E-state index is 12.4. The van der Waals surface area contributed by atoms with Gasteiger partial charge in [0.1, 0.15) is 0 Å². The van der Waals surface area contributed by atoms with Crippen LogP contribution in [0.15, 0.2) is 24.3 Å². The van der Waals surface area contributed by atoms with Gasteiger partial charge in [0.25, 0.3) is 10.2 Å². The van der Waals surface area contributed by atoms with E-state index in [2.05, 4.69) is 29.0 Å². The van der Waals surface area contributed by atoms with Crippen molar-refractivity contribution in [3.05, 3.63) is 35.4 Å². The lowest BCUT2D eigenvalue weighted by Gasteiger charge is -2.33. The van der Waals surface area contributed by atoms with Gasteiger partial charge in [-0.15, -0.1) is 0 Å². The van der Waals surface area contributed by atoms with Crippen molar-refractivity contribution in [1.82, 2.24) is 9.03 Å². The van der Waals surface area contributed by atoms with E-state index in [1.165, 1.54) is 11.1 Å². The minimum atomic E-state index is -3.29. The van der Waals surface area contributed by atoms with E-state index in [1.54, 1.807) is 4.31 Å². The predicted octanol–water partition coefficient (Wildman–Crippen LogP) is 1.72. The third kappa shape index (κ3) is 1.91. The molecule has 2 bridgehead atoms. The van der Waals surface area contributed by atoms with Crippen molar-refractivity contribution < 1.29 is 8.42 Å². The fourth-order valence-electron chi connectivity index (χ4n) is 4.73. The Morgan fingerprint density at radius 2 is 1.76 bits per heavy atom. The molecule has 0 amide bonds. The van der Waals surface area contributed by atoms with Crippen molar-refractivity contribution in [1.29, 1.82) is 0 Å². The van der Waals surface area contributed by atoms with Gasteiger partial charge in [0.05, 0.1) is 5.54 Å². The first kappa shape index (κ1) is 13.7. The molecule has 4 nitrogen and oxygen atoms in total. The first-order chi connectivity index (χ1) is 10.0. The second-order valence-corrected chi connectivity index (χ2v) is 8.39. The van der Waals surface area contributed by atoms with Crippen molar-refractivity contribution in [2.24, 2.45) is 11.8 Å². The molecule has 2 aliphatic carbocycles. The minimum absolute atomic E-state index is 0.242. The summed E-state index contributed by atoms with van der Waals surface area (Å²) in [6, 6.07) is 8.62. The Morgan fingerprint density at radius 1 is 1.19 bits per heavy atom. The summed E-state index contributed by atoms with van der Waals surface area (Å²) in [5.41, 5.74) is 2.59. The van der Waals surface area contributed by atoms with Crippen LogP contribution in [0.5, 0.6) is 0 Å². The molecule has 1 saturated heterocycles. The van der Waals surface area contributed by atoms with Gasteiger partial charge in [-0.25, -0.2) is 0 Å². The van der Waals surface area contributed by atoms with Gasteiger partial charge in [-0.05, 0) is 48.6 Å². The molecule has 1 unspecified atom stereocenters. The lowest BCUT2D eigenvalue weighted by molar-refractivity contribution is 0.215. The summed E-state index contributed by atoms with van der Waals surface area (Å²) in [5, 5.41) is 0. The van der Waals surface area contributed by atoms with E-state index in [9.17, 15) is 8.42 Å². The average molecular weight is 306 g/mol. The highest BCUT2D eigenvalue weighted by Crippen LogP contribution is 2.50. The van der Waals surface area contributed by atoms with Crippen molar-refractivity contribution in [2.45, 2.75) is 38.1 Å². The Kier molecular flexibility index (Phi) is 2.97. The Morgan fingerprint density at radius 3 is 2.24 bits per heavy atom. The molecule has 21 heavy (non-hydrogen) atoms. The molecule has 3 aliphatic rings. The smallest absolute Gasteiger partial charge is 0.195 e. The topological polar surface area (TPSA) is 49.4 Å². The zero-order valence-electron chi connectivity index (χ0n) is 12.4. The monoisotopic (exact) mass is 306 g/mol. The third-order valence-electron chi connectivity index (χ3n) is 5.82. The first-order valence-electron chi connectivity index (χ1n) is 7.91. The highest BCUT2D eigenvalue weighted by Gasteiger charge is 2.58. The van der Waals surface area contributed by atoms with Gasteiger partial charge in [-0.3, -0.25) is 0 Å². The van der Waals surface area contributed by atoms with Gasteiger partial charge >= 0.3 is 0 Å². The second kappa shape index (κ2) is 4.54. The van der Waals surface area contributed by atoms with Crippen LogP contribution in [0.4, 0.5) is 0 Å². The molecule has 0 radical (unpaired) electrons. The SMILES string of the molecule is CCN1CC2(NS1(=O)=O)[C@@H]1CC[C@H]2Cc2ccccc2C1. The lowest BCUT2D eigenvalue weighted by Crippen LogP contribution is -2.52. The molecular formula is C16H22N2O2S. The normalized spacial score (nSPS) is 37.6. The van der Waals surface area contributed by atoms with Gasteiger partial charge in [0, 0.05) is 13.1 Å². The zero-order chi connectivity index (χ0) is 14.7. The molecule has 5 heteroatoms. The molecule has 1 N–H and O–H groups in total. The van der Waals surface area contributed by atoms with Gasteiger partial charge < -0.3 is 0 Å². The molecule has 1 aromatic rings. The molecule has 4 rings (SSSR count). The van der Waals surface area contributed by atoms with Crippen LogP contribution < -0.4 is 4.72 Å². The van der Waals surface area contributed by atoms with Crippen LogP contribution in [0.2, 0.25) is 0 Å².